The zero-order valence-electron chi connectivity index (χ0n) is 15.7. The normalized spacial score (nSPS) is 11.2. The van der Waals surface area contributed by atoms with Crippen LogP contribution in [0.4, 0.5) is 11.4 Å². The lowest BCUT2D eigenvalue weighted by Gasteiger charge is -2.10. The molecule has 4 N–H and O–H groups in total. The first-order chi connectivity index (χ1) is 14.2. The van der Waals surface area contributed by atoms with Crippen LogP contribution in [0.15, 0.2) is 84.9 Å². The summed E-state index contributed by atoms with van der Waals surface area (Å²) in [6, 6.07) is 28.1. The van der Waals surface area contributed by atoms with Crippen LogP contribution in [0.5, 0.6) is 0 Å². The first kappa shape index (κ1) is 17.1. The summed E-state index contributed by atoms with van der Waals surface area (Å²) in [5.41, 5.74) is 19.0. The van der Waals surface area contributed by atoms with E-state index in [4.69, 9.17) is 11.5 Å². The second kappa shape index (κ2) is 6.53. The van der Waals surface area contributed by atoms with Crippen LogP contribution in [-0.2, 0) is 0 Å². The highest BCUT2D eigenvalue weighted by Crippen LogP contribution is 2.33. The summed E-state index contributed by atoms with van der Waals surface area (Å²) >= 11 is 0. The standard InChI is InChI=1S/C25H19N3O/c26-22-11-8-18(14-23(22)27)17-6-9-19(10-7-17)28-24-4-2-1-3-20(24)21-13-16(15-29)5-12-25(21)28/h1-15H,26-27H2. The van der Waals surface area contributed by atoms with Crippen LogP contribution in [0.3, 0.4) is 0 Å². The minimum atomic E-state index is 0.583. The number of fused-ring (bicyclic) bond motifs is 3. The lowest BCUT2D eigenvalue weighted by Crippen LogP contribution is -1.95. The maximum atomic E-state index is 11.3. The second-order valence-corrected chi connectivity index (χ2v) is 7.14. The molecule has 0 spiro atoms. The van der Waals surface area contributed by atoms with Crippen molar-refractivity contribution in [3.8, 4) is 16.8 Å². The number of nitrogens with zero attached hydrogens (tertiary/aromatic N) is 1. The van der Waals surface area contributed by atoms with Crippen LogP contribution in [0.25, 0.3) is 38.6 Å². The van der Waals surface area contributed by atoms with Gasteiger partial charge in [0, 0.05) is 22.0 Å². The topological polar surface area (TPSA) is 74.0 Å². The van der Waals surface area contributed by atoms with Crippen molar-refractivity contribution in [3.05, 3.63) is 90.5 Å². The highest BCUT2D eigenvalue weighted by atomic mass is 16.1. The largest absolute Gasteiger partial charge is 0.397 e. The van der Waals surface area contributed by atoms with E-state index >= 15 is 0 Å². The molecule has 29 heavy (non-hydrogen) atoms. The van der Waals surface area contributed by atoms with Gasteiger partial charge >= 0.3 is 0 Å². The second-order valence-electron chi connectivity index (χ2n) is 7.14. The molecule has 0 saturated heterocycles. The van der Waals surface area contributed by atoms with Gasteiger partial charge in [0.25, 0.3) is 0 Å². The number of carbonyl (C=O) groups excluding carboxylic acids is 1. The third kappa shape index (κ3) is 2.74. The van der Waals surface area contributed by atoms with E-state index in [1.165, 1.54) is 0 Å². The smallest absolute Gasteiger partial charge is 0.150 e. The predicted molar refractivity (Wildman–Crippen MR) is 120 cm³/mol. The molecule has 1 aromatic heterocycles. The Balaban J connectivity index is 1.69. The quantitative estimate of drug-likeness (QED) is 0.325. The van der Waals surface area contributed by atoms with E-state index in [1.54, 1.807) is 0 Å². The molecule has 4 heteroatoms. The zero-order valence-corrected chi connectivity index (χ0v) is 15.7. The Kier molecular flexibility index (Phi) is 3.85. The average molecular weight is 377 g/mol. The fourth-order valence-electron chi connectivity index (χ4n) is 3.90. The zero-order chi connectivity index (χ0) is 20.0. The summed E-state index contributed by atoms with van der Waals surface area (Å²) in [6.07, 6.45) is 0.888. The van der Waals surface area contributed by atoms with Crippen LogP contribution < -0.4 is 11.5 Å². The van der Waals surface area contributed by atoms with Gasteiger partial charge < -0.3 is 16.0 Å². The van der Waals surface area contributed by atoms with Gasteiger partial charge in [0.2, 0.25) is 0 Å². The number of benzene rings is 4. The monoisotopic (exact) mass is 377 g/mol. The number of anilines is 2. The molecule has 140 valence electrons. The maximum absolute atomic E-state index is 11.3. The van der Waals surface area contributed by atoms with Crippen molar-refractivity contribution in [3.63, 3.8) is 0 Å². The Morgan fingerprint density at radius 3 is 2.14 bits per heavy atom. The van der Waals surface area contributed by atoms with Crippen molar-refractivity contribution in [2.75, 3.05) is 11.5 Å². The molecular formula is C25H19N3O. The summed E-state index contributed by atoms with van der Waals surface area (Å²) in [7, 11) is 0. The predicted octanol–water partition coefficient (Wildman–Crippen LogP) is 5.43. The van der Waals surface area contributed by atoms with Crippen molar-refractivity contribution >= 4 is 39.5 Å². The molecule has 0 saturated carbocycles. The average Bonchev–Trinajstić information content (AvgIpc) is 3.09. The molecule has 0 unspecified atom stereocenters. The van der Waals surface area contributed by atoms with E-state index in [1.807, 2.05) is 48.5 Å². The minimum Gasteiger partial charge on any atom is -0.397 e. The molecule has 0 amide bonds. The van der Waals surface area contributed by atoms with Gasteiger partial charge in [-0.15, -0.1) is 0 Å². The first-order valence-electron chi connectivity index (χ1n) is 9.40. The van der Waals surface area contributed by atoms with Crippen LogP contribution in [0.2, 0.25) is 0 Å². The third-order valence-electron chi connectivity index (χ3n) is 5.38. The van der Waals surface area contributed by atoms with Crippen LogP contribution in [0.1, 0.15) is 10.4 Å². The van der Waals surface area contributed by atoms with E-state index in [0.29, 0.717) is 16.9 Å². The molecule has 0 radical (unpaired) electrons. The molecule has 4 aromatic carbocycles. The molecular weight excluding hydrogens is 358 g/mol. The van der Waals surface area contributed by atoms with Crippen molar-refractivity contribution in [1.82, 2.24) is 4.57 Å². The SMILES string of the molecule is Nc1ccc(-c2ccc(-n3c4ccccc4c4cc(C=O)ccc43)cc2)cc1N. The third-order valence-corrected chi connectivity index (χ3v) is 5.38. The number of aromatic nitrogens is 1. The Morgan fingerprint density at radius 1 is 0.655 bits per heavy atom. The van der Waals surface area contributed by atoms with Gasteiger partial charge in [0.05, 0.1) is 22.4 Å². The van der Waals surface area contributed by atoms with E-state index in [2.05, 4.69) is 41.0 Å². The van der Waals surface area contributed by atoms with Crippen molar-refractivity contribution in [1.29, 1.82) is 0 Å². The lowest BCUT2D eigenvalue weighted by molar-refractivity contribution is 0.112. The number of hydrogen-bond acceptors (Lipinski definition) is 3. The number of aldehydes is 1. The number of rotatable bonds is 3. The van der Waals surface area contributed by atoms with E-state index in [-0.39, 0.29) is 0 Å². The van der Waals surface area contributed by atoms with Gasteiger partial charge in [0.15, 0.2) is 0 Å². The highest BCUT2D eigenvalue weighted by Gasteiger charge is 2.12. The maximum Gasteiger partial charge on any atom is 0.150 e. The van der Waals surface area contributed by atoms with E-state index < -0.39 is 0 Å². The minimum absolute atomic E-state index is 0.583. The summed E-state index contributed by atoms with van der Waals surface area (Å²) < 4.78 is 2.22. The summed E-state index contributed by atoms with van der Waals surface area (Å²) in [5, 5.41) is 2.20. The van der Waals surface area contributed by atoms with Crippen LogP contribution in [0, 0.1) is 0 Å². The molecule has 5 aromatic rings. The number of hydrogen-bond donors (Lipinski definition) is 2. The fourth-order valence-corrected chi connectivity index (χ4v) is 3.90. The Morgan fingerprint density at radius 2 is 1.38 bits per heavy atom. The van der Waals surface area contributed by atoms with Crippen LogP contribution >= 0.6 is 0 Å². The van der Waals surface area contributed by atoms with Crippen molar-refractivity contribution in [2.45, 2.75) is 0 Å². The fraction of sp³-hybridized carbons (Fsp3) is 0. The Bertz CT molecular complexity index is 1380. The van der Waals surface area contributed by atoms with E-state index in [0.717, 1.165) is 44.9 Å². The van der Waals surface area contributed by atoms with Gasteiger partial charge in [-0.25, -0.2) is 0 Å². The summed E-state index contributed by atoms with van der Waals surface area (Å²) in [5.74, 6) is 0. The molecule has 0 bridgehead atoms. The van der Waals surface area contributed by atoms with Gasteiger partial charge in [-0.05, 0) is 59.7 Å². The van der Waals surface area contributed by atoms with Gasteiger partial charge in [-0.2, -0.15) is 0 Å². The molecule has 0 atom stereocenters. The summed E-state index contributed by atoms with van der Waals surface area (Å²) in [4.78, 5) is 11.3. The number of carbonyl (C=O) groups is 1. The van der Waals surface area contributed by atoms with Gasteiger partial charge in [-0.3, -0.25) is 4.79 Å². The Labute approximate surface area is 168 Å². The number of nitrogen functional groups attached to an aromatic ring is 2. The lowest BCUT2D eigenvalue weighted by atomic mass is 10.0. The molecule has 0 aliphatic rings. The van der Waals surface area contributed by atoms with Gasteiger partial charge in [0.1, 0.15) is 6.29 Å². The van der Waals surface area contributed by atoms with Crippen molar-refractivity contribution in [2.24, 2.45) is 0 Å². The molecule has 5 rings (SSSR count). The number of nitrogens with two attached hydrogens (primary N) is 2. The first-order valence-corrected chi connectivity index (χ1v) is 9.40. The van der Waals surface area contributed by atoms with E-state index in [9.17, 15) is 4.79 Å². The molecule has 0 fully saturated rings. The molecule has 1 heterocycles. The van der Waals surface area contributed by atoms with Crippen LogP contribution in [-0.4, -0.2) is 10.9 Å². The Hall–Kier alpha value is -4.05. The highest BCUT2D eigenvalue weighted by molar-refractivity contribution is 6.10. The number of para-hydroxylation sites is 1. The van der Waals surface area contributed by atoms with Gasteiger partial charge in [-0.1, -0.05) is 36.4 Å². The summed E-state index contributed by atoms with van der Waals surface area (Å²) in [6.45, 7) is 0. The molecule has 4 nitrogen and oxygen atoms in total. The molecule has 0 aliphatic heterocycles. The molecule has 0 aliphatic carbocycles. The van der Waals surface area contributed by atoms with Crippen molar-refractivity contribution < 1.29 is 4.79 Å².